The maximum Gasteiger partial charge on any atom is 0.329 e. The molecule has 2 N–H and O–H groups in total. The molecule has 114 valence electrons. The molecule has 0 bridgehead atoms. The van der Waals surface area contributed by atoms with Gasteiger partial charge < -0.3 is 5.32 Å². The van der Waals surface area contributed by atoms with Crippen LogP contribution in [0.15, 0.2) is 5.10 Å². The number of nitrogens with one attached hydrogen (secondary N) is 2. The third-order valence-electron chi connectivity index (χ3n) is 3.69. The average molecular weight is 281 g/mol. The van der Waals surface area contributed by atoms with E-state index in [-0.39, 0.29) is 6.04 Å². The summed E-state index contributed by atoms with van der Waals surface area (Å²) >= 11 is 0. The molecule has 0 saturated heterocycles. The lowest BCUT2D eigenvalue weighted by Gasteiger charge is -2.30. The molecular weight excluding hydrogens is 254 g/mol. The van der Waals surface area contributed by atoms with Crippen molar-refractivity contribution >= 4 is 17.5 Å². The summed E-state index contributed by atoms with van der Waals surface area (Å²) in [7, 11) is 0. The topological polar surface area (TPSA) is 70.6 Å². The summed E-state index contributed by atoms with van der Waals surface area (Å²) in [5, 5.41) is 6.77. The molecule has 1 fully saturated rings. The molecule has 0 aromatic rings. The summed E-state index contributed by atoms with van der Waals surface area (Å²) in [6.07, 6.45) is 3.20. The van der Waals surface area contributed by atoms with Crippen LogP contribution >= 0.6 is 0 Å². The lowest BCUT2D eigenvalue weighted by molar-refractivity contribution is -0.139. The van der Waals surface area contributed by atoms with Gasteiger partial charge in [-0.3, -0.25) is 9.59 Å². The van der Waals surface area contributed by atoms with Gasteiger partial charge in [-0.2, -0.15) is 5.10 Å². The third-order valence-corrected chi connectivity index (χ3v) is 3.69. The predicted octanol–water partition coefficient (Wildman–Crippen LogP) is 2.08. The fraction of sp³-hybridized carbons (Fsp3) is 0.800. The minimum atomic E-state index is -0.688. The van der Waals surface area contributed by atoms with Crippen molar-refractivity contribution in [2.75, 3.05) is 0 Å². The van der Waals surface area contributed by atoms with Gasteiger partial charge in [0.25, 0.3) is 0 Å². The van der Waals surface area contributed by atoms with Gasteiger partial charge >= 0.3 is 11.8 Å². The molecule has 1 rings (SSSR count). The molecule has 2 amide bonds. The first-order chi connectivity index (χ1) is 9.31. The Balaban J connectivity index is 2.65. The molecule has 5 nitrogen and oxygen atoms in total. The van der Waals surface area contributed by atoms with E-state index in [0.717, 1.165) is 18.6 Å². The second-order valence-electron chi connectivity index (χ2n) is 6.41. The standard InChI is InChI=1S/C15H27N3O2/c1-9(2)12-7-6-11(5)8-13(12)17-18-15(20)14(19)16-10(3)4/h9-12H,6-8H2,1-5H3,(H,16,19)(H,18,20)/b17-13-/t11-,12-/m0/s1. The minimum absolute atomic E-state index is 0.0565. The second-order valence-corrected chi connectivity index (χ2v) is 6.41. The van der Waals surface area contributed by atoms with Gasteiger partial charge in [0.05, 0.1) is 0 Å². The number of hydrogen-bond acceptors (Lipinski definition) is 3. The summed E-state index contributed by atoms with van der Waals surface area (Å²) in [5.41, 5.74) is 3.42. The molecule has 0 aromatic heterocycles. The molecule has 0 unspecified atom stereocenters. The monoisotopic (exact) mass is 281 g/mol. The number of nitrogens with zero attached hydrogens (tertiary/aromatic N) is 1. The Morgan fingerprint density at radius 2 is 1.80 bits per heavy atom. The SMILES string of the molecule is CC(C)NC(=O)C(=O)N/N=C1/C[C@@H](C)CC[C@H]1C(C)C. The highest BCUT2D eigenvalue weighted by molar-refractivity contribution is 6.35. The smallest absolute Gasteiger partial charge is 0.329 e. The molecular formula is C15H27N3O2. The van der Waals surface area contributed by atoms with Crippen molar-refractivity contribution in [2.45, 2.75) is 59.9 Å². The fourth-order valence-corrected chi connectivity index (χ4v) is 2.59. The van der Waals surface area contributed by atoms with Gasteiger partial charge in [0.2, 0.25) is 0 Å². The molecule has 2 atom stereocenters. The Labute approximate surface area is 121 Å². The number of carbonyl (C=O) groups is 2. The van der Waals surface area contributed by atoms with Crippen LogP contribution in [-0.2, 0) is 9.59 Å². The first-order valence-corrected chi connectivity index (χ1v) is 7.48. The normalized spacial score (nSPS) is 25.1. The van der Waals surface area contributed by atoms with E-state index in [2.05, 4.69) is 36.6 Å². The highest BCUT2D eigenvalue weighted by Gasteiger charge is 2.27. The highest BCUT2D eigenvalue weighted by atomic mass is 16.2. The number of rotatable bonds is 3. The zero-order valence-electron chi connectivity index (χ0n) is 13.2. The van der Waals surface area contributed by atoms with Crippen LogP contribution in [-0.4, -0.2) is 23.6 Å². The zero-order chi connectivity index (χ0) is 15.3. The van der Waals surface area contributed by atoms with Crippen molar-refractivity contribution in [3.05, 3.63) is 0 Å². The lowest BCUT2D eigenvalue weighted by atomic mass is 9.76. The second kappa shape index (κ2) is 7.41. The Hall–Kier alpha value is -1.39. The van der Waals surface area contributed by atoms with E-state index in [1.165, 1.54) is 6.42 Å². The van der Waals surface area contributed by atoms with E-state index in [9.17, 15) is 9.59 Å². The predicted molar refractivity (Wildman–Crippen MR) is 80.2 cm³/mol. The molecule has 20 heavy (non-hydrogen) atoms. The molecule has 0 aromatic carbocycles. The maximum atomic E-state index is 11.6. The average Bonchev–Trinajstić information content (AvgIpc) is 2.34. The Kier molecular flexibility index (Phi) is 6.17. The van der Waals surface area contributed by atoms with Crippen LogP contribution in [0.1, 0.15) is 53.9 Å². The Morgan fingerprint density at radius 3 is 2.35 bits per heavy atom. The number of amides is 2. The van der Waals surface area contributed by atoms with Crippen molar-refractivity contribution in [1.29, 1.82) is 0 Å². The molecule has 0 radical (unpaired) electrons. The van der Waals surface area contributed by atoms with Gasteiger partial charge in [0, 0.05) is 17.7 Å². The van der Waals surface area contributed by atoms with Crippen molar-refractivity contribution in [3.63, 3.8) is 0 Å². The zero-order valence-corrected chi connectivity index (χ0v) is 13.2. The minimum Gasteiger partial charge on any atom is -0.346 e. The van der Waals surface area contributed by atoms with Crippen molar-refractivity contribution in [1.82, 2.24) is 10.7 Å². The molecule has 0 aliphatic heterocycles. The molecule has 1 saturated carbocycles. The van der Waals surface area contributed by atoms with Crippen LogP contribution in [0.5, 0.6) is 0 Å². The first kappa shape index (κ1) is 16.7. The van der Waals surface area contributed by atoms with Crippen LogP contribution in [0, 0.1) is 17.8 Å². The van der Waals surface area contributed by atoms with Gasteiger partial charge in [-0.15, -0.1) is 0 Å². The van der Waals surface area contributed by atoms with Crippen LogP contribution in [0.4, 0.5) is 0 Å². The quantitative estimate of drug-likeness (QED) is 0.614. The van der Waals surface area contributed by atoms with Crippen LogP contribution in [0.2, 0.25) is 0 Å². The first-order valence-electron chi connectivity index (χ1n) is 7.48. The van der Waals surface area contributed by atoms with Crippen LogP contribution < -0.4 is 10.7 Å². The van der Waals surface area contributed by atoms with Crippen molar-refractivity contribution < 1.29 is 9.59 Å². The molecule has 5 heteroatoms. The molecule has 0 heterocycles. The van der Waals surface area contributed by atoms with E-state index >= 15 is 0 Å². The Bertz CT molecular complexity index is 389. The lowest BCUT2D eigenvalue weighted by Crippen LogP contribution is -2.42. The van der Waals surface area contributed by atoms with Gasteiger partial charge in [-0.1, -0.05) is 20.8 Å². The van der Waals surface area contributed by atoms with E-state index in [1.807, 2.05) is 13.8 Å². The van der Waals surface area contributed by atoms with E-state index < -0.39 is 11.8 Å². The number of hydrazone groups is 1. The maximum absolute atomic E-state index is 11.6. The van der Waals surface area contributed by atoms with Gasteiger partial charge in [0.15, 0.2) is 0 Å². The summed E-state index contributed by atoms with van der Waals surface area (Å²) in [4.78, 5) is 23.2. The number of carbonyl (C=O) groups excluding carboxylic acids is 2. The Morgan fingerprint density at radius 1 is 1.15 bits per heavy atom. The van der Waals surface area contributed by atoms with Crippen LogP contribution in [0.25, 0.3) is 0 Å². The van der Waals surface area contributed by atoms with Gasteiger partial charge in [0.1, 0.15) is 0 Å². The summed E-state index contributed by atoms with van der Waals surface area (Å²) in [5.74, 6) is 0.175. The van der Waals surface area contributed by atoms with Crippen LogP contribution in [0.3, 0.4) is 0 Å². The summed E-state index contributed by atoms with van der Waals surface area (Å²) < 4.78 is 0. The third kappa shape index (κ3) is 4.94. The summed E-state index contributed by atoms with van der Waals surface area (Å²) in [6.45, 7) is 10.2. The summed E-state index contributed by atoms with van der Waals surface area (Å²) in [6, 6.07) is -0.0565. The van der Waals surface area contributed by atoms with E-state index in [0.29, 0.717) is 17.8 Å². The van der Waals surface area contributed by atoms with E-state index in [4.69, 9.17) is 0 Å². The van der Waals surface area contributed by atoms with Crippen molar-refractivity contribution in [2.24, 2.45) is 22.9 Å². The molecule has 1 aliphatic carbocycles. The van der Waals surface area contributed by atoms with Gasteiger partial charge in [-0.25, -0.2) is 5.43 Å². The fourth-order valence-electron chi connectivity index (χ4n) is 2.59. The largest absolute Gasteiger partial charge is 0.346 e. The molecule has 1 aliphatic rings. The molecule has 0 spiro atoms. The van der Waals surface area contributed by atoms with Crippen molar-refractivity contribution in [3.8, 4) is 0 Å². The van der Waals surface area contributed by atoms with Gasteiger partial charge in [-0.05, 0) is 44.9 Å². The van der Waals surface area contributed by atoms with E-state index in [1.54, 1.807) is 0 Å². The highest BCUT2D eigenvalue weighted by Crippen LogP contribution is 2.31. The number of hydrogen-bond donors (Lipinski definition) is 2.